The van der Waals surface area contributed by atoms with E-state index in [-0.39, 0.29) is 47.2 Å². The van der Waals surface area contributed by atoms with Gasteiger partial charge in [-0.3, -0.25) is 14.7 Å². The molecule has 0 spiro atoms. The average Bonchev–Trinajstić information content (AvgIpc) is 3.63. The second kappa shape index (κ2) is 12.0. The second-order valence-electron chi connectivity index (χ2n) is 12.7. The minimum atomic E-state index is -5.09. The Morgan fingerprint density at radius 2 is 1.55 bits per heavy atom. The van der Waals surface area contributed by atoms with Crippen molar-refractivity contribution in [2.75, 3.05) is 7.11 Å². The second-order valence-corrected chi connectivity index (χ2v) is 14.0. The fraction of sp³-hybridized carbons (Fsp3) is 0.314. The van der Waals surface area contributed by atoms with Crippen LogP contribution >= 0.6 is 8.58 Å². The fourth-order valence-electron chi connectivity index (χ4n) is 7.28. The van der Waals surface area contributed by atoms with E-state index in [4.69, 9.17) is 9.47 Å². The van der Waals surface area contributed by atoms with Crippen molar-refractivity contribution < 1.29 is 54.2 Å². The van der Waals surface area contributed by atoms with Crippen LogP contribution in [0.25, 0.3) is 22.4 Å². The van der Waals surface area contributed by atoms with Gasteiger partial charge in [-0.1, -0.05) is 0 Å². The molecule has 2 fully saturated rings. The Kier molecular flexibility index (Phi) is 8.16. The number of carbonyl (C=O) groups is 2. The summed E-state index contributed by atoms with van der Waals surface area (Å²) in [6.07, 6.45) is -10.3. The van der Waals surface area contributed by atoms with Crippen LogP contribution < -0.4 is 4.74 Å². The van der Waals surface area contributed by atoms with Gasteiger partial charge in [0.05, 0.1) is 41.6 Å². The molecule has 7 nitrogen and oxygen atoms in total. The maximum atomic E-state index is 15.9. The van der Waals surface area contributed by atoms with E-state index in [1.165, 1.54) is 25.4 Å². The summed E-state index contributed by atoms with van der Waals surface area (Å²) < 4.78 is 128. The van der Waals surface area contributed by atoms with Gasteiger partial charge in [0.2, 0.25) is 5.88 Å². The highest BCUT2D eigenvalue weighted by atomic mass is 31.1. The van der Waals surface area contributed by atoms with E-state index in [1.54, 1.807) is 19.9 Å². The first-order chi connectivity index (χ1) is 23.9. The Labute approximate surface area is 286 Å². The summed E-state index contributed by atoms with van der Waals surface area (Å²) in [5.74, 6) is -0.00315. The molecule has 4 aliphatic rings. The highest BCUT2D eigenvalue weighted by Gasteiger charge is 2.52. The molecule has 266 valence electrons. The third kappa shape index (κ3) is 5.98. The van der Waals surface area contributed by atoms with Crippen LogP contribution in [0.2, 0.25) is 0 Å². The Hall–Kier alpha value is -4.65. The van der Waals surface area contributed by atoms with Crippen molar-refractivity contribution in [3.63, 3.8) is 0 Å². The molecule has 0 aliphatic carbocycles. The van der Waals surface area contributed by atoms with Crippen LogP contribution in [0.4, 0.5) is 39.9 Å². The number of pyridine rings is 2. The Bertz CT molecular complexity index is 2100. The number of methoxy groups -OCH3 is 1. The van der Waals surface area contributed by atoms with Gasteiger partial charge in [-0.25, -0.2) is 9.78 Å². The summed E-state index contributed by atoms with van der Waals surface area (Å²) in [4.78, 5) is 36.5. The molecule has 1 amide bonds. The molecule has 4 aliphatic heterocycles. The predicted octanol–water partition coefficient (Wildman–Crippen LogP) is 9.75. The number of aryl methyl sites for hydroxylation is 2. The van der Waals surface area contributed by atoms with Gasteiger partial charge < -0.3 is 9.47 Å². The molecule has 0 radical (unpaired) electrons. The van der Waals surface area contributed by atoms with Crippen molar-refractivity contribution in [3.8, 4) is 28.3 Å². The van der Waals surface area contributed by atoms with Gasteiger partial charge in [-0.05, 0) is 91.4 Å². The zero-order valence-corrected chi connectivity index (χ0v) is 27.8. The molecule has 0 N–H and O–H groups in total. The van der Waals surface area contributed by atoms with E-state index >= 15 is 8.78 Å². The zero-order valence-electron chi connectivity index (χ0n) is 26.8. The number of fused-ring (bicyclic) bond motifs is 4. The van der Waals surface area contributed by atoms with E-state index < -0.39 is 78.7 Å². The van der Waals surface area contributed by atoms with Gasteiger partial charge in [0, 0.05) is 43.2 Å². The summed E-state index contributed by atoms with van der Waals surface area (Å²) in [6, 6.07) is 4.73. The number of amides is 1. The van der Waals surface area contributed by atoms with Gasteiger partial charge >= 0.3 is 18.4 Å². The lowest BCUT2D eigenvalue weighted by Crippen LogP contribution is -2.31. The van der Waals surface area contributed by atoms with Crippen LogP contribution in [0.3, 0.4) is 0 Å². The number of ether oxygens (including phenoxy) is 2. The van der Waals surface area contributed by atoms with E-state index in [2.05, 4.69) is 9.97 Å². The van der Waals surface area contributed by atoms with Gasteiger partial charge in [-0.2, -0.15) is 35.1 Å². The summed E-state index contributed by atoms with van der Waals surface area (Å²) in [5, 5.41) is 0. The first-order valence-electron chi connectivity index (χ1n) is 15.5. The number of benzene rings is 2. The fourth-order valence-corrected chi connectivity index (χ4v) is 8.14. The van der Waals surface area contributed by atoms with E-state index in [0.717, 1.165) is 17.0 Å². The summed E-state index contributed by atoms with van der Waals surface area (Å²) in [5.41, 5.74) is -7.16. The van der Waals surface area contributed by atoms with E-state index in [9.17, 15) is 35.9 Å². The monoisotopic (exact) mass is 735 g/mol. The summed E-state index contributed by atoms with van der Waals surface area (Å²) in [6.45, 7) is 3.25. The van der Waals surface area contributed by atoms with Crippen LogP contribution in [0.5, 0.6) is 5.88 Å². The number of hydrogen-bond acceptors (Lipinski definition) is 6. The van der Waals surface area contributed by atoms with E-state index in [1.807, 2.05) is 0 Å². The molecule has 10 bridgehead atoms. The van der Waals surface area contributed by atoms with Crippen molar-refractivity contribution in [2.45, 2.75) is 62.9 Å². The molecule has 2 aromatic heterocycles. The van der Waals surface area contributed by atoms with Crippen LogP contribution in [-0.4, -0.2) is 39.6 Å². The normalized spacial score (nSPS) is 21.6. The molecule has 0 saturated carbocycles. The van der Waals surface area contributed by atoms with E-state index in [0.29, 0.717) is 34.5 Å². The Morgan fingerprint density at radius 1 is 0.863 bits per heavy atom. The number of rotatable bonds is 1. The lowest BCUT2D eigenvalue weighted by atomic mass is 9.92. The molecule has 2 aromatic carbocycles. The molecule has 6 heterocycles. The van der Waals surface area contributed by atoms with Crippen molar-refractivity contribution in [2.24, 2.45) is 0 Å². The number of carbonyl (C=O) groups excluding carboxylic acids is 2. The molecule has 4 aromatic rings. The van der Waals surface area contributed by atoms with Crippen molar-refractivity contribution in [3.05, 3.63) is 99.4 Å². The highest BCUT2D eigenvalue weighted by Crippen LogP contribution is 2.53. The standard InChI is InChI=1S/C35H26F8N3O4P/c1-15-6-18-7-16(2)27(15)19-10-24(30(49-3)45-13-19)28-23(12-22(14-44-28)34(39,40)41)25-4-5-26-29(50-32(48)46(25)26)17-8-20(33(36,37)38)11-21(9-17)35(42,43)51-31(18)47/h6-14,25-26,29,51H,4-5H2,1-3H3/t25-,26-,29+/m0/s1. The van der Waals surface area contributed by atoms with Gasteiger partial charge in [0.15, 0.2) is 5.52 Å². The van der Waals surface area contributed by atoms with Crippen LogP contribution in [0, 0.1) is 13.8 Å². The highest BCUT2D eigenvalue weighted by molar-refractivity contribution is 7.59. The van der Waals surface area contributed by atoms with Crippen molar-refractivity contribution in [1.82, 2.24) is 14.9 Å². The number of nitrogens with zero attached hydrogens (tertiary/aromatic N) is 3. The molecular formula is C35H26F8N3O4P. The minimum Gasteiger partial charge on any atom is -0.481 e. The van der Waals surface area contributed by atoms with Crippen molar-refractivity contribution >= 4 is 20.2 Å². The SMILES string of the molecule is COc1ncc2cc1-c1ncc(C(F)(F)F)cc1[C@@H]1CC[C@H]3[C@H](OC(=O)N13)c1cc(C(F)(F)F)cc(c1)C(F)(F)PC(=O)c1cc(C)c-2c(C)c1. The first kappa shape index (κ1) is 34.8. The third-order valence-corrected chi connectivity index (χ3v) is 10.6. The average molecular weight is 736 g/mol. The molecule has 51 heavy (non-hydrogen) atoms. The molecule has 16 heteroatoms. The predicted molar refractivity (Wildman–Crippen MR) is 169 cm³/mol. The maximum absolute atomic E-state index is 15.9. The van der Waals surface area contributed by atoms with Gasteiger partial charge in [-0.15, -0.1) is 0 Å². The first-order valence-corrected chi connectivity index (χ1v) is 16.5. The smallest absolute Gasteiger partial charge is 0.417 e. The number of alkyl halides is 8. The number of hydrogen-bond donors (Lipinski definition) is 0. The lowest BCUT2D eigenvalue weighted by molar-refractivity contribution is -0.138. The van der Waals surface area contributed by atoms with Crippen molar-refractivity contribution in [1.29, 1.82) is 0 Å². The molecule has 2 saturated heterocycles. The lowest BCUT2D eigenvalue weighted by Gasteiger charge is -2.26. The van der Waals surface area contributed by atoms with Gasteiger partial charge in [0.25, 0.3) is 5.66 Å². The summed E-state index contributed by atoms with van der Waals surface area (Å²) >= 11 is 0. The Morgan fingerprint density at radius 3 is 2.20 bits per heavy atom. The topological polar surface area (TPSA) is 81.6 Å². The number of halogens is 8. The molecular weight excluding hydrogens is 709 g/mol. The molecule has 8 rings (SSSR count). The summed E-state index contributed by atoms with van der Waals surface area (Å²) in [7, 11) is -0.479. The Balaban J connectivity index is 1.51. The van der Waals surface area contributed by atoms with Crippen LogP contribution in [0.15, 0.2) is 54.9 Å². The van der Waals surface area contributed by atoms with Crippen LogP contribution in [-0.2, 0) is 22.8 Å². The minimum absolute atomic E-state index is 0.00156. The molecule has 1 unspecified atom stereocenters. The van der Waals surface area contributed by atoms with Crippen LogP contribution in [0.1, 0.15) is 74.3 Å². The largest absolute Gasteiger partial charge is 0.481 e. The number of aromatic nitrogens is 2. The molecule has 4 atom stereocenters. The third-order valence-electron chi connectivity index (χ3n) is 9.45. The quantitative estimate of drug-likeness (QED) is 0.143. The zero-order chi connectivity index (χ0) is 36.8. The maximum Gasteiger partial charge on any atom is 0.417 e. The van der Waals surface area contributed by atoms with Gasteiger partial charge in [0.1, 0.15) is 6.10 Å².